The number of carbonyl (C=O) groups excluding carboxylic acids is 1. The smallest absolute Gasteiger partial charge is 0.0799 e. The van der Waals surface area contributed by atoms with Gasteiger partial charge in [0.2, 0.25) is 0 Å². The highest BCUT2D eigenvalue weighted by molar-refractivity contribution is 5.60. The molecule has 0 amide bonds. The van der Waals surface area contributed by atoms with Crippen molar-refractivity contribution in [2.45, 2.75) is 40.0 Å². The lowest BCUT2D eigenvalue weighted by atomic mass is 9.96. The Morgan fingerprint density at radius 1 is 1.50 bits per heavy atom. The van der Waals surface area contributed by atoms with Gasteiger partial charge in [-0.15, -0.1) is 0 Å². The molecule has 2 unspecified atom stereocenters. The summed E-state index contributed by atoms with van der Waals surface area (Å²) < 4.78 is 0. The molecule has 0 aromatic heterocycles. The van der Waals surface area contributed by atoms with Crippen LogP contribution in [-0.4, -0.2) is 25.6 Å². The van der Waals surface area contributed by atoms with Crippen LogP contribution in [0.15, 0.2) is 0 Å². The van der Waals surface area contributed by atoms with Crippen LogP contribution in [0, 0.1) is 5.92 Å². The maximum Gasteiger partial charge on any atom is 0.0799 e. The quantitative estimate of drug-likeness (QED) is 0.652. The maximum atomic E-state index is 8.89. The van der Waals surface area contributed by atoms with Gasteiger partial charge >= 0.3 is 0 Å². The van der Waals surface area contributed by atoms with Crippen molar-refractivity contribution in [2.75, 3.05) is 19.6 Å². The van der Waals surface area contributed by atoms with Crippen LogP contribution in [0.5, 0.6) is 0 Å². The highest BCUT2D eigenvalue weighted by Gasteiger charge is 2.19. The van der Waals surface area contributed by atoms with Crippen molar-refractivity contribution in [2.24, 2.45) is 5.92 Å². The predicted molar refractivity (Wildman–Crippen MR) is 54.9 cm³/mol. The number of likely N-dealkylation sites (tertiary alicyclic amines) is 1. The average Bonchev–Trinajstić information content (AvgIpc) is 2.17. The van der Waals surface area contributed by atoms with Gasteiger partial charge in [0.25, 0.3) is 0 Å². The number of nitrogens with one attached hydrogen (secondary N) is 1. The van der Waals surface area contributed by atoms with Crippen molar-refractivity contribution < 1.29 is 14.8 Å². The zero-order chi connectivity index (χ0) is 11.0. The normalized spacial score (nSPS) is 26.2. The van der Waals surface area contributed by atoms with Crippen molar-refractivity contribution in [1.29, 1.82) is 0 Å². The van der Waals surface area contributed by atoms with Crippen molar-refractivity contribution >= 4 is 5.97 Å². The van der Waals surface area contributed by atoms with E-state index in [1.54, 1.807) is 0 Å². The number of piperidine rings is 1. The molecule has 0 bridgehead atoms. The summed E-state index contributed by atoms with van der Waals surface area (Å²) in [4.78, 5) is 10.7. The third-order valence-corrected chi connectivity index (χ3v) is 2.80. The Morgan fingerprint density at radius 2 is 2.07 bits per heavy atom. The molecule has 2 atom stereocenters. The molecular formula is C11H23NO2. The summed E-state index contributed by atoms with van der Waals surface area (Å²) in [5.41, 5.74) is 0. The second-order valence-corrected chi connectivity index (χ2v) is 3.97. The number of aliphatic carboxylic acids is 1. The lowest BCUT2D eigenvalue weighted by Gasteiger charge is -2.28. The zero-order valence-corrected chi connectivity index (χ0v) is 9.64. The molecule has 0 radical (unpaired) electrons. The number of carboxylic acid groups (broad SMARTS) is 1. The molecule has 1 fully saturated rings. The van der Waals surface area contributed by atoms with Crippen LogP contribution >= 0.6 is 0 Å². The summed E-state index contributed by atoms with van der Waals surface area (Å²) in [6.45, 7) is 9.78. The molecule has 0 saturated carbocycles. The molecule has 1 saturated heterocycles. The van der Waals surface area contributed by atoms with Crippen molar-refractivity contribution in [3.8, 4) is 0 Å². The van der Waals surface area contributed by atoms with Crippen LogP contribution in [0.3, 0.4) is 0 Å². The molecule has 84 valence electrons. The fourth-order valence-electron chi connectivity index (χ4n) is 1.92. The van der Waals surface area contributed by atoms with E-state index in [-0.39, 0.29) is 0 Å². The molecule has 1 heterocycles. The third-order valence-electron chi connectivity index (χ3n) is 2.80. The summed E-state index contributed by atoms with van der Waals surface area (Å²) in [6, 6.07) is 0. The van der Waals surface area contributed by atoms with E-state index in [0.29, 0.717) is 0 Å². The summed E-state index contributed by atoms with van der Waals surface area (Å²) in [7, 11) is 0. The molecule has 1 aliphatic heterocycles. The third kappa shape index (κ3) is 6.89. The fraction of sp³-hybridized carbons (Fsp3) is 0.909. The Balaban J connectivity index is 0.000000364. The first-order chi connectivity index (χ1) is 6.60. The monoisotopic (exact) mass is 201 g/mol. The summed E-state index contributed by atoms with van der Waals surface area (Å²) in [5, 5.41) is 8.89. The lowest BCUT2D eigenvalue weighted by Crippen LogP contribution is -3.13. The number of rotatable bonds is 2. The standard InChI is InChI=1S/C9H19N.C2H4O2/c1-3-9-6-5-7-10(4-2)8-9;1-2(3)4/h9H,3-8H2,1-2H3;1H3,(H,3,4). The van der Waals surface area contributed by atoms with Gasteiger partial charge < -0.3 is 14.8 Å². The number of carboxylic acids is 1. The molecule has 1 aliphatic rings. The van der Waals surface area contributed by atoms with Crippen LogP contribution in [0.2, 0.25) is 0 Å². The maximum absolute atomic E-state index is 8.89. The van der Waals surface area contributed by atoms with E-state index in [9.17, 15) is 0 Å². The van der Waals surface area contributed by atoms with Crippen LogP contribution < -0.4 is 10.0 Å². The van der Waals surface area contributed by atoms with E-state index < -0.39 is 5.97 Å². The second kappa shape index (κ2) is 7.80. The van der Waals surface area contributed by atoms with Crippen LogP contribution in [0.25, 0.3) is 0 Å². The number of quaternary nitrogens is 1. The van der Waals surface area contributed by atoms with E-state index in [4.69, 9.17) is 9.90 Å². The Labute approximate surface area is 87.1 Å². The SMILES string of the molecule is CC(=O)[O-].CCC1CCC[NH+](CC)C1. The topological polar surface area (TPSA) is 44.6 Å². The van der Waals surface area contributed by atoms with Gasteiger partial charge in [0.15, 0.2) is 0 Å². The summed E-state index contributed by atoms with van der Waals surface area (Å²) in [6.07, 6.45) is 4.34. The largest absolute Gasteiger partial charge is 0.550 e. The van der Waals surface area contributed by atoms with Crippen molar-refractivity contribution in [3.05, 3.63) is 0 Å². The first-order valence-electron chi connectivity index (χ1n) is 5.61. The van der Waals surface area contributed by atoms with Gasteiger partial charge in [-0.1, -0.05) is 6.92 Å². The molecule has 1 N–H and O–H groups in total. The second-order valence-electron chi connectivity index (χ2n) is 3.97. The van der Waals surface area contributed by atoms with Crippen LogP contribution in [0.1, 0.15) is 40.0 Å². The molecule has 0 aromatic carbocycles. The highest BCUT2D eigenvalue weighted by atomic mass is 16.4. The van der Waals surface area contributed by atoms with E-state index in [2.05, 4.69) is 13.8 Å². The van der Waals surface area contributed by atoms with Gasteiger partial charge in [0.1, 0.15) is 0 Å². The predicted octanol–water partition coefficient (Wildman–Crippen LogP) is -0.533. The summed E-state index contributed by atoms with van der Waals surface area (Å²) >= 11 is 0. The Bertz CT molecular complexity index is 145. The highest BCUT2D eigenvalue weighted by Crippen LogP contribution is 2.10. The molecule has 3 nitrogen and oxygen atoms in total. The first-order valence-corrected chi connectivity index (χ1v) is 5.61. The molecule has 14 heavy (non-hydrogen) atoms. The minimum Gasteiger partial charge on any atom is -0.550 e. The van der Waals surface area contributed by atoms with Crippen molar-refractivity contribution in [3.63, 3.8) is 0 Å². The van der Waals surface area contributed by atoms with E-state index in [1.165, 1.54) is 38.9 Å². The first kappa shape index (κ1) is 13.4. The van der Waals surface area contributed by atoms with E-state index in [1.807, 2.05) is 4.90 Å². The number of carbonyl (C=O) groups is 1. The van der Waals surface area contributed by atoms with Gasteiger partial charge in [0.05, 0.1) is 19.6 Å². The molecule has 0 spiro atoms. The Hall–Kier alpha value is -0.570. The molecule has 0 aromatic rings. The van der Waals surface area contributed by atoms with Gasteiger partial charge in [0, 0.05) is 11.9 Å². The lowest BCUT2D eigenvalue weighted by molar-refractivity contribution is -0.907. The minimum absolute atomic E-state index is 0.972. The van der Waals surface area contributed by atoms with Crippen molar-refractivity contribution in [1.82, 2.24) is 0 Å². The van der Waals surface area contributed by atoms with Crippen LogP contribution in [0.4, 0.5) is 0 Å². The fourth-order valence-corrected chi connectivity index (χ4v) is 1.92. The Morgan fingerprint density at radius 3 is 2.50 bits per heavy atom. The Kier molecular flexibility index (Phi) is 7.48. The molecule has 3 heteroatoms. The minimum atomic E-state index is -1.08. The van der Waals surface area contributed by atoms with Gasteiger partial charge in [-0.3, -0.25) is 0 Å². The van der Waals surface area contributed by atoms with Gasteiger partial charge in [-0.25, -0.2) is 0 Å². The van der Waals surface area contributed by atoms with E-state index >= 15 is 0 Å². The number of hydrogen-bond donors (Lipinski definition) is 1. The summed E-state index contributed by atoms with van der Waals surface area (Å²) in [5.74, 6) is -0.0521. The van der Waals surface area contributed by atoms with E-state index in [0.717, 1.165) is 12.8 Å². The molecule has 1 rings (SSSR count). The number of hydrogen-bond acceptors (Lipinski definition) is 2. The molecule has 0 aliphatic carbocycles. The van der Waals surface area contributed by atoms with Gasteiger partial charge in [-0.05, 0) is 33.1 Å². The zero-order valence-electron chi connectivity index (χ0n) is 9.64. The van der Waals surface area contributed by atoms with Crippen LogP contribution in [-0.2, 0) is 4.79 Å². The average molecular weight is 201 g/mol. The molecular weight excluding hydrogens is 178 g/mol. The van der Waals surface area contributed by atoms with Gasteiger partial charge in [-0.2, -0.15) is 0 Å².